The van der Waals surface area contributed by atoms with Gasteiger partial charge in [-0.2, -0.15) is 0 Å². The molecule has 2 N–H and O–H groups in total. The highest BCUT2D eigenvalue weighted by molar-refractivity contribution is 14.1. The van der Waals surface area contributed by atoms with Crippen molar-refractivity contribution < 1.29 is 12.8 Å². The van der Waals surface area contributed by atoms with E-state index in [4.69, 9.17) is 17.3 Å². The minimum atomic E-state index is -3.58. The molecule has 0 aromatic heterocycles. The number of halogens is 3. The lowest BCUT2D eigenvalue weighted by Gasteiger charge is -2.29. The number of hydrogen-bond donors (Lipinski definition) is 1. The maximum absolute atomic E-state index is 12.8. The van der Waals surface area contributed by atoms with Gasteiger partial charge in [0, 0.05) is 5.69 Å². The number of nitrogens with two attached hydrogens (primary N) is 1. The standard InChI is InChI=1S/C10H10ClFINO2S/c11-7-1-2-8(14)9(13)10(7)17(15,16)6-3-5(12)4-6/h1-2,5-6H,3-4,14H2/t5-,6-. The molecule has 0 amide bonds. The van der Waals surface area contributed by atoms with E-state index in [0.717, 1.165) is 0 Å². The van der Waals surface area contributed by atoms with Crippen LogP contribution in [0.4, 0.5) is 10.1 Å². The van der Waals surface area contributed by atoms with Gasteiger partial charge in [0.05, 0.1) is 13.8 Å². The minimum Gasteiger partial charge on any atom is -0.398 e. The van der Waals surface area contributed by atoms with E-state index in [-0.39, 0.29) is 22.8 Å². The van der Waals surface area contributed by atoms with E-state index in [2.05, 4.69) is 0 Å². The van der Waals surface area contributed by atoms with Gasteiger partial charge in [-0.05, 0) is 47.6 Å². The molecular formula is C10H10ClFINO2S. The molecule has 17 heavy (non-hydrogen) atoms. The van der Waals surface area contributed by atoms with Crippen LogP contribution in [0.15, 0.2) is 17.0 Å². The Kier molecular flexibility index (Phi) is 3.57. The molecule has 1 aliphatic carbocycles. The molecule has 0 aliphatic heterocycles. The predicted octanol–water partition coefficient (Wildman–Crippen LogP) is 2.80. The quantitative estimate of drug-likeness (QED) is 0.625. The van der Waals surface area contributed by atoms with Crippen LogP contribution in [0.25, 0.3) is 0 Å². The van der Waals surface area contributed by atoms with Crippen molar-refractivity contribution in [2.24, 2.45) is 0 Å². The van der Waals surface area contributed by atoms with Crippen molar-refractivity contribution in [2.75, 3.05) is 5.73 Å². The van der Waals surface area contributed by atoms with Gasteiger partial charge < -0.3 is 5.73 Å². The molecule has 0 saturated heterocycles. The Morgan fingerprint density at radius 3 is 2.53 bits per heavy atom. The fourth-order valence-electron chi connectivity index (χ4n) is 1.73. The number of rotatable bonds is 2. The van der Waals surface area contributed by atoms with Gasteiger partial charge in [0.15, 0.2) is 9.84 Å². The molecule has 0 spiro atoms. The molecular weight excluding hydrogens is 380 g/mol. The van der Waals surface area contributed by atoms with Crippen molar-refractivity contribution in [3.8, 4) is 0 Å². The van der Waals surface area contributed by atoms with E-state index >= 15 is 0 Å². The third-order valence-electron chi connectivity index (χ3n) is 2.84. The average molecular weight is 390 g/mol. The van der Waals surface area contributed by atoms with Gasteiger partial charge >= 0.3 is 0 Å². The zero-order chi connectivity index (χ0) is 12.8. The number of alkyl halides is 1. The topological polar surface area (TPSA) is 60.2 Å². The molecule has 0 radical (unpaired) electrons. The average Bonchev–Trinajstić information content (AvgIpc) is 2.19. The van der Waals surface area contributed by atoms with Crippen LogP contribution < -0.4 is 5.73 Å². The molecule has 1 saturated carbocycles. The molecule has 0 bridgehead atoms. The van der Waals surface area contributed by atoms with Crippen LogP contribution in [-0.2, 0) is 9.84 Å². The van der Waals surface area contributed by atoms with E-state index in [1.807, 2.05) is 22.6 Å². The van der Waals surface area contributed by atoms with Crippen molar-refractivity contribution in [1.82, 2.24) is 0 Å². The summed E-state index contributed by atoms with van der Waals surface area (Å²) < 4.78 is 37.7. The third-order valence-corrected chi connectivity index (χ3v) is 7.05. The van der Waals surface area contributed by atoms with Crippen LogP contribution in [-0.4, -0.2) is 19.8 Å². The summed E-state index contributed by atoms with van der Waals surface area (Å²) in [6.45, 7) is 0. The van der Waals surface area contributed by atoms with Crippen molar-refractivity contribution >= 4 is 49.7 Å². The maximum atomic E-state index is 12.8. The molecule has 1 aromatic rings. The molecule has 0 unspecified atom stereocenters. The summed E-state index contributed by atoms with van der Waals surface area (Å²) in [5.74, 6) is 0. The van der Waals surface area contributed by atoms with Crippen molar-refractivity contribution in [3.63, 3.8) is 0 Å². The smallest absolute Gasteiger partial charge is 0.184 e. The zero-order valence-electron chi connectivity index (χ0n) is 8.66. The monoisotopic (exact) mass is 389 g/mol. The first kappa shape index (κ1) is 13.4. The molecule has 2 rings (SSSR count). The maximum Gasteiger partial charge on any atom is 0.184 e. The van der Waals surface area contributed by atoms with E-state index in [1.54, 1.807) is 6.07 Å². The lowest BCUT2D eigenvalue weighted by Crippen LogP contribution is -2.37. The number of nitrogen functional groups attached to an aromatic ring is 1. The summed E-state index contributed by atoms with van der Waals surface area (Å²) in [6, 6.07) is 3.01. The Bertz CT molecular complexity index is 558. The highest BCUT2D eigenvalue weighted by Gasteiger charge is 2.41. The van der Waals surface area contributed by atoms with Gasteiger partial charge in [-0.1, -0.05) is 11.6 Å². The van der Waals surface area contributed by atoms with Crippen molar-refractivity contribution in [2.45, 2.75) is 29.2 Å². The van der Waals surface area contributed by atoms with Crippen LogP contribution in [0.2, 0.25) is 5.02 Å². The first-order valence-corrected chi connectivity index (χ1v) is 7.95. The number of benzene rings is 1. The molecule has 0 atom stereocenters. The Balaban J connectivity index is 2.50. The fourth-order valence-corrected chi connectivity index (χ4v) is 5.73. The second kappa shape index (κ2) is 4.55. The van der Waals surface area contributed by atoms with E-state index < -0.39 is 21.3 Å². The Labute approximate surface area is 118 Å². The molecule has 7 heteroatoms. The minimum absolute atomic E-state index is 0.0386. The molecule has 0 heterocycles. The van der Waals surface area contributed by atoms with E-state index in [1.165, 1.54) is 6.07 Å². The summed E-state index contributed by atoms with van der Waals surface area (Å²) in [5, 5.41) is -0.531. The van der Waals surface area contributed by atoms with Gasteiger partial charge in [0.1, 0.15) is 11.1 Å². The summed E-state index contributed by atoms with van der Waals surface area (Å²) in [5.41, 5.74) is 6.03. The zero-order valence-corrected chi connectivity index (χ0v) is 12.4. The highest BCUT2D eigenvalue weighted by atomic mass is 127. The molecule has 1 fully saturated rings. The molecule has 3 nitrogen and oxygen atoms in total. The summed E-state index contributed by atoms with van der Waals surface area (Å²) in [6.07, 6.45) is -0.931. The highest BCUT2D eigenvalue weighted by Crippen LogP contribution is 2.39. The molecule has 1 aromatic carbocycles. The SMILES string of the molecule is Nc1ccc(Cl)c(S(=O)(=O)[C@H]2C[C@H](F)C2)c1I. The second-order valence-electron chi connectivity index (χ2n) is 4.02. The predicted molar refractivity (Wildman–Crippen MR) is 73.7 cm³/mol. The number of anilines is 1. The van der Waals surface area contributed by atoms with Crippen LogP contribution in [0, 0.1) is 3.57 Å². The number of sulfone groups is 1. The third kappa shape index (κ3) is 2.26. The van der Waals surface area contributed by atoms with Crippen LogP contribution in [0.5, 0.6) is 0 Å². The fraction of sp³-hybridized carbons (Fsp3) is 0.400. The molecule has 1 aliphatic rings. The van der Waals surface area contributed by atoms with Gasteiger partial charge in [-0.15, -0.1) is 0 Å². The lowest BCUT2D eigenvalue weighted by molar-refractivity contribution is 0.213. The van der Waals surface area contributed by atoms with Crippen LogP contribution in [0.1, 0.15) is 12.8 Å². The van der Waals surface area contributed by atoms with Crippen molar-refractivity contribution in [3.05, 3.63) is 20.7 Å². The van der Waals surface area contributed by atoms with Crippen LogP contribution >= 0.6 is 34.2 Å². The van der Waals surface area contributed by atoms with Crippen LogP contribution in [0.3, 0.4) is 0 Å². The second-order valence-corrected chi connectivity index (χ2v) is 7.67. The lowest BCUT2D eigenvalue weighted by atomic mass is 9.97. The number of hydrogen-bond acceptors (Lipinski definition) is 3. The summed E-state index contributed by atoms with van der Waals surface area (Å²) in [4.78, 5) is 0.0386. The van der Waals surface area contributed by atoms with Gasteiger partial charge in [-0.25, -0.2) is 12.8 Å². The Morgan fingerprint density at radius 2 is 2.00 bits per heavy atom. The largest absolute Gasteiger partial charge is 0.398 e. The Morgan fingerprint density at radius 1 is 1.41 bits per heavy atom. The summed E-state index contributed by atoms with van der Waals surface area (Å²) >= 11 is 7.77. The van der Waals surface area contributed by atoms with Gasteiger partial charge in [0.25, 0.3) is 0 Å². The molecule has 94 valence electrons. The van der Waals surface area contributed by atoms with Gasteiger partial charge in [0.2, 0.25) is 0 Å². The Hall–Kier alpha value is -0.0800. The van der Waals surface area contributed by atoms with E-state index in [9.17, 15) is 12.8 Å². The van der Waals surface area contributed by atoms with E-state index in [0.29, 0.717) is 9.26 Å². The summed E-state index contributed by atoms with van der Waals surface area (Å²) in [7, 11) is -3.58. The van der Waals surface area contributed by atoms with Crippen molar-refractivity contribution in [1.29, 1.82) is 0 Å². The first-order chi connectivity index (χ1) is 7.84. The normalized spacial score (nSPS) is 24.4. The first-order valence-electron chi connectivity index (χ1n) is 4.95. The van der Waals surface area contributed by atoms with Gasteiger partial charge in [-0.3, -0.25) is 0 Å².